The summed E-state index contributed by atoms with van der Waals surface area (Å²) in [5.74, 6) is -0.0914. The van der Waals surface area contributed by atoms with E-state index in [0.717, 1.165) is 16.5 Å². The molecule has 0 aromatic heterocycles. The summed E-state index contributed by atoms with van der Waals surface area (Å²) in [6, 6.07) is 13.0. The van der Waals surface area contributed by atoms with E-state index < -0.39 is 12.1 Å². The van der Waals surface area contributed by atoms with Gasteiger partial charge in [-0.1, -0.05) is 42.5 Å². The second-order valence-electron chi connectivity index (χ2n) is 5.76. The van der Waals surface area contributed by atoms with Crippen LogP contribution in [0, 0.1) is 0 Å². The minimum absolute atomic E-state index is 0.0239. The predicted octanol–water partition coefficient (Wildman–Crippen LogP) is 2.39. The summed E-state index contributed by atoms with van der Waals surface area (Å²) in [6.45, 7) is 0. The molecule has 22 heavy (non-hydrogen) atoms. The summed E-state index contributed by atoms with van der Waals surface area (Å²) >= 11 is 0. The molecule has 0 saturated carbocycles. The third kappa shape index (κ3) is 1.99. The number of amides is 2. The molecule has 1 N–H and O–H groups in total. The zero-order valence-electron chi connectivity index (χ0n) is 12.0. The molecule has 2 aromatic carbocycles. The summed E-state index contributed by atoms with van der Waals surface area (Å²) in [7, 11) is 0. The van der Waals surface area contributed by atoms with Crippen molar-refractivity contribution < 1.29 is 9.59 Å². The average molecular weight is 292 g/mol. The van der Waals surface area contributed by atoms with Crippen LogP contribution in [0.4, 0.5) is 5.69 Å². The molecular formula is C18H16N2O2. The van der Waals surface area contributed by atoms with Crippen LogP contribution in [0.5, 0.6) is 0 Å². The fourth-order valence-electron chi connectivity index (χ4n) is 3.23. The first kappa shape index (κ1) is 13.1. The van der Waals surface area contributed by atoms with Crippen molar-refractivity contribution in [3.63, 3.8) is 0 Å². The van der Waals surface area contributed by atoms with Crippen molar-refractivity contribution >= 4 is 28.3 Å². The lowest BCUT2D eigenvalue weighted by molar-refractivity contribution is -0.133. The van der Waals surface area contributed by atoms with Crippen LogP contribution in [0.15, 0.2) is 54.6 Å². The number of piperazine rings is 1. The monoisotopic (exact) mass is 292 g/mol. The molecule has 2 aromatic rings. The molecule has 2 bridgehead atoms. The molecule has 0 radical (unpaired) electrons. The van der Waals surface area contributed by atoms with Gasteiger partial charge in [-0.05, 0) is 35.7 Å². The van der Waals surface area contributed by atoms with Gasteiger partial charge in [-0.2, -0.15) is 0 Å². The summed E-state index contributed by atoms with van der Waals surface area (Å²) in [5.41, 5.74) is 0.795. The third-order valence-corrected chi connectivity index (χ3v) is 4.38. The number of hydrogen-bond acceptors (Lipinski definition) is 2. The molecule has 110 valence electrons. The number of hydrogen-bond donors (Lipinski definition) is 1. The topological polar surface area (TPSA) is 49.4 Å². The minimum Gasteiger partial charge on any atom is -0.342 e. The van der Waals surface area contributed by atoms with Gasteiger partial charge in [0.2, 0.25) is 5.91 Å². The maximum Gasteiger partial charge on any atom is 0.250 e. The lowest BCUT2D eigenvalue weighted by Gasteiger charge is -2.39. The first-order valence-corrected chi connectivity index (χ1v) is 7.51. The van der Waals surface area contributed by atoms with E-state index in [1.54, 1.807) is 4.90 Å². The molecule has 0 unspecified atom stereocenters. The average Bonchev–Trinajstić information content (AvgIpc) is 2.52. The van der Waals surface area contributed by atoms with Crippen molar-refractivity contribution in [3.05, 3.63) is 54.6 Å². The SMILES string of the molecule is O=C1N[C@H]2CC=CC[C@@H]1N(c1ccc3ccccc3c1)C2=O. The second-order valence-corrected chi connectivity index (χ2v) is 5.76. The molecular weight excluding hydrogens is 276 g/mol. The number of nitrogens with one attached hydrogen (secondary N) is 1. The third-order valence-electron chi connectivity index (χ3n) is 4.38. The highest BCUT2D eigenvalue weighted by atomic mass is 16.2. The molecule has 3 heterocycles. The van der Waals surface area contributed by atoms with Crippen molar-refractivity contribution in [3.8, 4) is 0 Å². The van der Waals surface area contributed by atoms with Crippen molar-refractivity contribution in [2.45, 2.75) is 24.9 Å². The van der Waals surface area contributed by atoms with Crippen LogP contribution in [0.3, 0.4) is 0 Å². The molecule has 0 spiro atoms. The largest absolute Gasteiger partial charge is 0.342 e. The Bertz CT molecular complexity index is 797. The summed E-state index contributed by atoms with van der Waals surface area (Å²) in [6.07, 6.45) is 5.09. The Kier molecular flexibility index (Phi) is 2.96. The molecule has 2 atom stereocenters. The van der Waals surface area contributed by atoms with Crippen LogP contribution in [0.25, 0.3) is 10.8 Å². The predicted molar refractivity (Wildman–Crippen MR) is 85.5 cm³/mol. The van der Waals surface area contributed by atoms with E-state index in [9.17, 15) is 9.59 Å². The van der Waals surface area contributed by atoms with E-state index in [-0.39, 0.29) is 11.8 Å². The number of benzene rings is 2. The van der Waals surface area contributed by atoms with Gasteiger partial charge in [0.15, 0.2) is 0 Å². The molecule has 3 aliphatic rings. The Balaban J connectivity index is 1.83. The molecule has 4 nitrogen and oxygen atoms in total. The molecule has 5 rings (SSSR count). The normalized spacial score (nSPS) is 24.3. The van der Waals surface area contributed by atoms with Crippen molar-refractivity contribution in [2.24, 2.45) is 0 Å². The van der Waals surface area contributed by atoms with Crippen LogP contribution in [-0.2, 0) is 9.59 Å². The number of rotatable bonds is 1. The first-order chi connectivity index (χ1) is 10.7. The van der Waals surface area contributed by atoms with E-state index in [1.807, 2.05) is 54.6 Å². The Hall–Kier alpha value is -2.62. The highest BCUT2D eigenvalue weighted by Crippen LogP contribution is 2.29. The Morgan fingerprint density at radius 1 is 0.955 bits per heavy atom. The molecule has 2 amide bonds. The van der Waals surface area contributed by atoms with Crippen LogP contribution in [0.1, 0.15) is 12.8 Å². The van der Waals surface area contributed by atoms with Gasteiger partial charge < -0.3 is 5.32 Å². The minimum atomic E-state index is -0.457. The van der Waals surface area contributed by atoms with Gasteiger partial charge in [-0.15, -0.1) is 0 Å². The van der Waals surface area contributed by atoms with Gasteiger partial charge in [0.1, 0.15) is 12.1 Å². The maximum atomic E-state index is 12.7. The Morgan fingerprint density at radius 3 is 2.59 bits per heavy atom. The molecule has 1 saturated heterocycles. The second kappa shape index (κ2) is 4.98. The van der Waals surface area contributed by atoms with Gasteiger partial charge in [-0.25, -0.2) is 0 Å². The Morgan fingerprint density at radius 2 is 1.73 bits per heavy atom. The van der Waals surface area contributed by atoms with Gasteiger partial charge >= 0.3 is 0 Å². The van der Waals surface area contributed by atoms with E-state index in [1.165, 1.54) is 0 Å². The zero-order valence-corrected chi connectivity index (χ0v) is 12.0. The van der Waals surface area contributed by atoms with E-state index in [0.29, 0.717) is 12.8 Å². The van der Waals surface area contributed by atoms with Crippen molar-refractivity contribution in [1.82, 2.24) is 5.32 Å². The van der Waals surface area contributed by atoms with Crippen molar-refractivity contribution in [1.29, 1.82) is 0 Å². The zero-order chi connectivity index (χ0) is 15.1. The fraction of sp³-hybridized carbons (Fsp3) is 0.222. The maximum absolute atomic E-state index is 12.7. The van der Waals surface area contributed by atoms with Crippen molar-refractivity contribution in [2.75, 3.05) is 4.90 Å². The molecule has 4 heteroatoms. The fourth-order valence-corrected chi connectivity index (χ4v) is 3.23. The highest BCUT2D eigenvalue weighted by molar-refractivity contribution is 6.09. The standard InChI is InChI=1S/C18H16N2O2/c21-17-16-8-4-3-7-15(19-17)18(22)20(16)14-10-9-12-5-1-2-6-13(12)11-14/h1-6,9-11,15-16H,7-8H2,(H,19,21)/t15-,16-/m0/s1. The number of anilines is 1. The molecule has 1 fully saturated rings. The summed E-state index contributed by atoms with van der Waals surface area (Å²) < 4.78 is 0. The molecule has 3 aliphatic heterocycles. The number of carbonyl (C=O) groups excluding carboxylic acids is 2. The van der Waals surface area contributed by atoms with Crippen LogP contribution in [-0.4, -0.2) is 23.9 Å². The van der Waals surface area contributed by atoms with Gasteiger partial charge in [0.25, 0.3) is 5.91 Å². The van der Waals surface area contributed by atoms with Gasteiger partial charge in [0.05, 0.1) is 0 Å². The summed E-state index contributed by atoms with van der Waals surface area (Å²) in [5, 5.41) is 5.02. The molecule has 0 aliphatic carbocycles. The van der Waals surface area contributed by atoms with Crippen LogP contribution >= 0.6 is 0 Å². The summed E-state index contributed by atoms with van der Waals surface area (Å²) in [4.78, 5) is 26.7. The highest BCUT2D eigenvalue weighted by Gasteiger charge is 2.41. The quantitative estimate of drug-likeness (QED) is 0.820. The lowest BCUT2D eigenvalue weighted by Crippen LogP contribution is -2.64. The van der Waals surface area contributed by atoms with E-state index >= 15 is 0 Å². The first-order valence-electron chi connectivity index (χ1n) is 7.51. The number of fused-ring (bicyclic) bond motifs is 5. The number of carbonyl (C=O) groups is 2. The Labute approximate surface area is 128 Å². The van der Waals surface area contributed by atoms with Crippen LogP contribution in [0.2, 0.25) is 0 Å². The lowest BCUT2D eigenvalue weighted by atomic mass is 9.97. The van der Waals surface area contributed by atoms with Gasteiger partial charge in [-0.3, -0.25) is 14.5 Å². The van der Waals surface area contributed by atoms with E-state index in [2.05, 4.69) is 5.32 Å². The van der Waals surface area contributed by atoms with Crippen LogP contribution < -0.4 is 10.2 Å². The van der Waals surface area contributed by atoms with Gasteiger partial charge in [0, 0.05) is 5.69 Å². The number of nitrogens with zero attached hydrogens (tertiary/aromatic N) is 1. The smallest absolute Gasteiger partial charge is 0.250 e. The van der Waals surface area contributed by atoms with E-state index in [4.69, 9.17) is 0 Å².